The molecule has 0 saturated carbocycles. The first-order valence-corrected chi connectivity index (χ1v) is 7.71. The Hall–Kier alpha value is -0.660. The molecule has 3 atom stereocenters. The van der Waals surface area contributed by atoms with Crippen LogP contribution >= 0.6 is 0 Å². The zero-order valence-electron chi connectivity index (χ0n) is 10.4. The third kappa shape index (κ3) is 2.67. The molecule has 2 rings (SSSR count). The molecule has 3 unspecified atom stereocenters. The van der Waals surface area contributed by atoms with Crippen molar-refractivity contribution < 1.29 is 23.1 Å². The molecule has 7 heteroatoms. The predicted octanol–water partition coefficient (Wildman–Crippen LogP) is 0.148. The Kier molecular flexibility index (Phi) is 3.93. The molecule has 0 aromatic carbocycles. The van der Waals surface area contributed by atoms with Gasteiger partial charge in [0.15, 0.2) is 0 Å². The number of sulfonamides is 1. The highest BCUT2D eigenvalue weighted by Crippen LogP contribution is 2.27. The van der Waals surface area contributed by atoms with E-state index >= 15 is 0 Å². The molecule has 2 saturated heterocycles. The van der Waals surface area contributed by atoms with Crippen molar-refractivity contribution in [2.24, 2.45) is 11.8 Å². The van der Waals surface area contributed by atoms with Gasteiger partial charge in [-0.2, -0.15) is 0 Å². The summed E-state index contributed by atoms with van der Waals surface area (Å²) < 4.78 is 31.2. The van der Waals surface area contributed by atoms with Crippen molar-refractivity contribution in [2.45, 2.75) is 25.0 Å². The van der Waals surface area contributed by atoms with Crippen LogP contribution in [0.2, 0.25) is 0 Å². The van der Waals surface area contributed by atoms with Crippen LogP contribution in [0.3, 0.4) is 0 Å². The highest BCUT2D eigenvalue weighted by Gasteiger charge is 2.40. The third-order valence-corrected chi connectivity index (χ3v) is 5.88. The molecule has 6 nitrogen and oxygen atoms in total. The molecule has 2 aliphatic heterocycles. The quantitative estimate of drug-likeness (QED) is 0.793. The minimum absolute atomic E-state index is 0.0805. The minimum atomic E-state index is -3.42. The second-order valence-corrected chi connectivity index (χ2v) is 7.44. The number of carbonyl (C=O) groups is 1. The molecule has 0 radical (unpaired) electrons. The van der Waals surface area contributed by atoms with Crippen LogP contribution in [0.4, 0.5) is 0 Å². The summed E-state index contributed by atoms with van der Waals surface area (Å²) in [5, 5.41) is 8.56. The fourth-order valence-electron chi connectivity index (χ4n) is 2.65. The summed E-state index contributed by atoms with van der Waals surface area (Å²) in [5.74, 6) is -1.42. The highest BCUT2D eigenvalue weighted by molar-refractivity contribution is 7.89. The van der Waals surface area contributed by atoms with E-state index in [0.717, 1.165) is 0 Å². The van der Waals surface area contributed by atoms with Crippen LogP contribution in [0.15, 0.2) is 0 Å². The first-order chi connectivity index (χ1) is 8.41. The third-order valence-electron chi connectivity index (χ3n) is 3.64. The Morgan fingerprint density at radius 3 is 2.67 bits per heavy atom. The molecule has 0 aliphatic carbocycles. The molecule has 0 spiro atoms. The normalized spacial score (nSPS) is 34.6. The van der Waals surface area contributed by atoms with Crippen molar-refractivity contribution in [2.75, 3.05) is 26.3 Å². The van der Waals surface area contributed by atoms with E-state index in [1.807, 2.05) is 6.92 Å². The zero-order valence-corrected chi connectivity index (χ0v) is 11.2. The number of hydrogen-bond donors (Lipinski definition) is 1. The monoisotopic (exact) mass is 277 g/mol. The van der Waals surface area contributed by atoms with Gasteiger partial charge in [0, 0.05) is 19.7 Å². The van der Waals surface area contributed by atoms with E-state index in [-0.39, 0.29) is 19.1 Å². The molecular formula is C11H19NO5S. The van der Waals surface area contributed by atoms with Gasteiger partial charge in [0.1, 0.15) is 5.25 Å². The van der Waals surface area contributed by atoms with Crippen LogP contribution in [-0.4, -0.2) is 55.4 Å². The molecule has 0 bridgehead atoms. The molecule has 0 aromatic rings. The molecule has 2 aliphatic rings. The van der Waals surface area contributed by atoms with Gasteiger partial charge in [-0.3, -0.25) is 4.79 Å². The van der Waals surface area contributed by atoms with E-state index in [9.17, 15) is 13.2 Å². The topological polar surface area (TPSA) is 83.9 Å². The lowest BCUT2D eigenvalue weighted by Crippen LogP contribution is -2.48. The summed E-state index contributed by atoms with van der Waals surface area (Å²) in [5.41, 5.74) is 0. The van der Waals surface area contributed by atoms with Crippen molar-refractivity contribution in [1.82, 2.24) is 4.31 Å². The van der Waals surface area contributed by atoms with E-state index < -0.39 is 27.2 Å². The van der Waals surface area contributed by atoms with E-state index in [0.29, 0.717) is 26.0 Å². The Morgan fingerprint density at radius 2 is 2.11 bits per heavy atom. The smallest absolute Gasteiger partial charge is 0.307 e. The van der Waals surface area contributed by atoms with Crippen LogP contribution in [0.1, 0.15) is 19.8 Å². The Bertz CT molecular complexity index is 415. The van der Waals surface area contributed by atoms with Crippen molar-refractivity contribution in [3.05, 3.63) is 0 Å². The van der Waals surface area contributed by atoms with E-state index in [1.54, 1.807) is 0 Å². The van der Waals surface area contributed by atoms with Gasteiger partial charge >= 0.3 is 5.97 Å². The maximum Gasteiger partial charge on any atom is 0.307 e. The van der Waals surface area contributed by atoms with Gasteiger partial charge in [0.2, 0.25) is 10.0 Å². The summed E-state index contributed by atoms with van der Waals surface area (Å²) in [6.07, 6.45) is 1.05. The summed E-state index contributed by atoms with van der Waals surface area (Å²) in [6, 6.07) is 0. The maximum atomic E-state index is 12.4. The van der Waals surface area contributed by atoms with Crippen LogP contribution in [-0.2, 0) is 19.6 Å². The van der Waals surface area contributed by atoms with Crippen molar-refractivity contribution in [3.8, 4) is 0 Å². The molecule has 0 aromatic heterocycles. The molecule has 1 N–H and O–H groups in total. The van der Waals surface area contributed by atoms with Gasteiger partial charge in [0.05, 0.1) is 12.5 Å². The first-order valence-electron chi connectivity index (χ1n) is 6.20. The number of piperidine rings is 1. The SMILES string of the molecule is CC1CC(C(=O)O)CN(S(=O)(=O)C2CCOC2)C1. The summed E-state index contributed by atoms with van der Waals surface area (Å²) in [4.78, 5) is 11.0. The molecule has 104 valence electrons. The Labute approximate surface area is 107 Å². The number of ether oxygens (including phenoxy) is 1. The summed E-state index contributed by atoms with van der Waals surface area (Å²) >= 11 is 0. The van der Waals surface area contributed by atoms with E-state index in [2.05, 4.69) is 0 Å². The first kappa shape index (κ1) is 13.8. The largest absolute Gasteiger partial charge is 0.481 e. The minimum Gasteiger partial charge on any atom is -0.481 e. The van der Waals surface area contributed by atoms with Gasteiger partial charge in [-0.15, -0.1) is 0 Å². The maximum absolute atomic E-state index is 12.4. The second-order valence-electron chi connectivity index (χ2n) is 5.22. The Balaban J connectivity index is 2.13. The number of carboxylic acids is 1. The van der Waals surface area contributed by atoms with E-state index in [4.69, 9.17) is 9.84 Å². The number of carboxylic acid groups (broad SMARTS) is 1. The lowest BCUT2D eigenvalue weighted by atomic mass is 9.92. The molecular weight excluding hydrogens is 258 g/mol. The fourth-order valence-corrected chi connectivity index (χ4v) is 4.58. The lowest BCUT2D eigenvalue weighted by molar-refractivity contribution is -0.143. The van der Waals surface area contributed by atoms with E-state index in [1.165, 1.54) is 4.31 Å². The summed E-state index contributed by atoms with van der Waals surface area (Å²) in [7, 11) is -3.42. The zero-order chi connectivity index (χ0) is 13.3. The fraction of sp³-hybridized carbons (Fsp3) is 0.909. The van der Waals surface area contributed by atoms with Crippen LogP contribution < -0.4 is 0 Å². The standard InChI is InChI=1S/C11H19NO5S/c1-8-4-9(11(13)14)6-12(5-8)18(15,16)10-2-3-17-7-10/h8-10H,2-7H2,1H3,(H,13,14). The molecule has 2 heterocycles. The highest BCUT2D eigenvalue weighted by atomic mass is 32.2. The van der Waals surface area contributed by atoms with Gasteiger partial charge in [-0.1, -0.05) is 6.92 Å². The Morgan fingerprint density at radius 1 is 1.39 bits per heavy atom. The van der Waals surface area contributed by atoms with Gasteiger partial charge in [0.25, 0.3) is 0 Å². The van der Waals surface area contributed by atoms with Gasteiger partial charge < -0.3 is 9.84 Å². The lowest BCUT2D eigenvalue weighted by Gasteiger charge is -2.35. The van der Waals surface area contributed by atoms with Crippen LogP contribution in [0.5, 0.6) is 0 Å². The van der Waals surface area contributed by atoms with Crippen molar-refractivity contribution in [1.29, 1.82) is 0 Å². The second kappa shape index (κ2) is 5.14. The molecule has 2 fully saturated rings. The van der Waals surface area contributed by atoms with Crippen LogP contribution in [0, 0.1) is 11.8 Å². The number of rotatable bonds is 3. The molecule has 0 amide bonds. The van der Waals surface area contributed by atoms with Gasteiger partial charge in [-0.05, 0) is 18.8 Å². The average Bonchev–Trinajstić information content (AvgIpc) is 2.82. The number of aliphatic carboxylic acids is 1. The molecule has 18 heavy (non-hydrogen) atoms. The number of hydrogen-bond acceptors (Lipinski definition) is 4. The van der Waals surface area contributed by atoms with Crippen molar-refractivity contribution >= 4 is 16.0 Å². The average molecular weight is 277 g/mol. The van der Waals surface area contributed by atoms with Gasteiger partial charge in [-0.25, -0.2) is 12.7 Å². The number of nitrogens with zero attached hydrogens (tertiary/aromatic N) is 1. The predicted molar refractivity (Wildman–Crippen MR) is 64.6 cm³/mol. The van der Waals surface area contributed by atoms with Crippen molar-refractivity contribution in [3.63, 3.8) is 0 Å². The van der Waals surface area contributed by atoms with Crippen LogP contribution in [0.25, 0.3) is 0 Å². The summed E-state index contributed by atoms with van der Waals surface area (Å²) in [6.45, 7) is 3.10.